The van der Waals surface area contributed by atoms with Crippen molar-refractivity contribution in [2.75, 3.05) is 5.32 Å². The molecule has 0 fully saturated rings. The number of alkyl halides is 3. The van der Waals surface area contributed by atoms with E-state index in [0.717, 1.165) is 10.9 Å². The van der Waals surface area contributed by atoms with E-state index in [0.29, 0.717) is 23.2 Å². The average molecular weight is 367 g/mol. The summed E-state index contributed by atoms with van der Waals surface area (Å²) in [6.45, 7) is 0. The smallest absolute Gasteiger partial charge is 0.362 e. The Bertz CT molecular complexity index is 1130. The molecule has 0 saturated carbocycles. The largest absolute Gasteiger partial charge is 0.422 e. The first-order chi connectivity index (χ1) is 13.0. The highest BCUT2D eigenvalue weighted by molar-refractivity contribution is 5.87. The van der Waals surface area contributed by atoms with Crippen molar-refractivity contribution in [1.29, 1.82) is 0 Å². The molecule has 0 bridgehead atoms. The molecule has 0 unspecified atom stereocenters. The van der Waals surface area contributed by atoms with Gasteiger partial charge in [-0.2, -0.15) is 13.2 Å². The molecule has 136 valence electrons. The molecule has 3 nitrogen and oxygen atoms in total. The summed E-state index contributed by atoms with van der Waals surface area (Å²) >= 11 is 0. The van der Waals surface area contributed by atoms with Crippen LogP contribution >= 0.6 is 0 Å². The Morgan fingerprint density at radius 2 is 1.67 bits per heavy atom. The predicted octanol–water partition coefficient (Wildman–Crippen LogP) is 5.32. The van der Waals surface area contributed by atoms with Gasteiger partial charge in [-0.1, -0.05) is 36.4 Å². The molecule has 0 aliphatic carbocycles. The lowest BCUT2D eigenvalue weighted by atomic mass is 9.87. The second kappa shape index (κ2) is 5.42. The number of halogens is 3. The Labute approximate surface area is 153 Å². The zero-order valence-electron chi connectivity index (χ0n) is 14.2. The minimum absolute atomic E-state index is 0.0551. The van der Waals surface area contributed by atoms with Crippen molar-refractivity contribution >= 4 is 16.6 Å². The molecular formula is C21H16F3N3. The summed E-state index contributed by atoms with van der Waals surface area (Å²) in [4.78, 5) is 5.87. The summed E-state index contributed by atoms with van der Waals surface area (Å²) in [7, 11) is 0. The van der Waals surface area contributed by atoms with E-state index in [9.17, 15) is 13.2 Å². The number of anilines is 1. The van der Waals surface area contributed by atoms with Crippen molar-refractivity contribution in [3.63, 3.8) is 0 Å². The maximum absolute atomic E-state index is 14.7. The van der Waals surface area contributed by atoms with Gasteiger partial charge in [-0.15, -0.1) is 0 Å². The second-order valence-electron chi connectivity index (χ2n) is 6.81. The molecule has 0 amide bonds. The van der Waals surface area contributed by atoms with Gasteiger partial charge in [-0.05, 0) is 35.4 Å². The molecule has 1 atom stereocenters. The molecule has 6 heteroatoms. The van der Waals surface area contributed by atoms with Crippen LogP contribution in [0.25, 0.3) is 10.9 Å². The molecule has 27 heavy (non-hydrogen) atoms. The number of para-hydroxylation sites is 2. The Hall–Kier alpha value is -3.15. The summed E-state index contributed by atoms with van der Waals surface area (Å²) in [5, 5.41) is 3.66. The summed E-state index contributed by atoms with van der Waals surface area (Å²) in [6, 6.07) is 17.6. The first-order valence-corrected chi connectivity index (χ1v) is 8.67. The Morgan fingerprint density at radius 3 is 2.44 bits per heavy atom. The number of benzene rings is 2. The number of aromatic nitrogens is 2. The van der Waals surface area contributed by atoms with Gasteiger partial charge in [0.2, 0.25) is 5.54 Å². The molecule has 2 aromatic carbocycles. The monoisotopic (exact) mass is 367 g/mol. The van der Waals surface area contributed by atoms with E-state index in [1.807, 2.05) is 36.4 Å². The van der Waals surface area contributed by atoms with Crippen LogP contribution in [0.5, 0.6) is 0 Å². The van der Waals surface area contributed by atoms with Crippen LogP contribution in [0.4, 0.5) is 18.9 Å². The van der Waals surface area contributed by atoms with Crippen LogP contribution in [0.3, 0.4) is 0 Å². The molecule has 3 heterocycles. The van der Waals surface area contributed by atoms with Crippen LogP contribution in [-0.4, -0.2) is 16.1 Å². The van der Waals surface area contributed by atoms with E-state index < -0.39 is 11.7 Å². The Balaban J connectivity index is 1.93. The molecular weight excluding hydrogens is 351 g/mol. The van der Waals surface area contributed by atoms with E-state index >= 15 is 0 Å². The Kier molecular flexibility index (Phi) is 3.22. The lowest BCUT2D eigenvalue weighted by molar-refractivity contribution is -0.171. The standard InChI is InChI=1S/C21H16F3N3/c22-21(23,24)20(18-10-5-11-25-18)19-15(14-7-2-4-9-17(14)26-19)12-13-6-1-3-8-16(13)27-20/h1-11,25-27H,12H2/t20-/m0/s1. The zero-order chi connectivity index (χ0) is 18.6. The highest BCUT2D eigenvalue weighted by atomic mass is 19.4. The second-order valence-corrected chi connectivity index (χ2v) is 6.81. The highest BCUT2D eigenvalue weighted by Crippen LogP contribution is 2.50. The summed E-state index contributed by atoms with van der Waals surface area (Å²) in [5.74, 6) is 0. The van der Waals surface area contributed by atoms with Gasteiger partial charge in [0.25, 0.3) is 0 Å². The predicted molar refractivity (Wildman–Crippen MR) is 98.8 cm³/mol. The lowest BCUT2D eigenvalue weighted by Gasteiger charge is -2.36. The summed E-state index contributed by atoms with van der Waals surface area (Å²) < 4.78 is 44.2. The van der Waals surface area contributed by atoms with Crippen LogP contribution in [0.2, 0.25) is 0 Å². The van der Waals surface area contributed by atoms with Crippen LogP contribution < -0.4 is 5.32 Å². The van der Waals surface area contributed by atoms with Crippen molar-refractivity contribution in [2.24, 2.45) is 0 Å². The fourth-order valence-electron chi connectivity index (χ4n) is 4.09. The minimum atomic E-state index is -4.58. The zero-order valence-corrected chi connectivity index (χ0v) is 14.2. The van der Waals surface area contributed by atoms with Gasteiger partial charge in [0.15, 0.2) is 0 Å². The van der Waals surface area contributed by atoms with Gasteiger partial charge in [0, 0.05) is 29.2 Å². The van der Waals surface area contributed by atoms with Crippen molar-refractivity contribution in [3.8, 4) is 0 Å². The van der Waals surface area contributed by atoms with Crippen LogP contribution in [0.1, 0.15) is 22.5 Å². The first-order valence-electron chi connectivity index (χ1n) is 8.67. The van der Waals surface area contributed by atoms with E-state index in [2.05, 4.69) is 15.3 Å². The summed E-state index contributed by atoms with van der Waals surface area (Å²) in [6.07, 6.45) is -2.64. The number of rotatable bonds is 1. The molecule has 3 N–H and O–H groups in total. The number of hydrogen-bond donors (Lipinski definition) is 3. The summed E-state index contributed by atoms with van der Waals surface area (Å²) in [5.41, 5.74) is 0.477. The van der Waals surface area contributed by atoms with E-state index in [4.69, 9.17) is 0 Å². The normalized spacial score (nSPS) is 19.2. The lowest BCUT2D eigenvalue weighted by Crippen LogP contribution is -2.50. The van der Waals surface area contributed by atoms with E-state index in [1.165, 1.54) is 12.3 Å². The van der Waals surface area contributed by atoms with Gasteiger partial charge in [0.05, 0.1) is 11.4 Å². The maximum Gasteiger partial charge on any atom is 0.422 e. The van der Waals surface area contributed by atoms with Crippen LogP contribution in [-0.2, 0) is 12.0 Å². The van der Waals surface area contributed by atoms with Crippen LogP contribution in [0.15, 0.2) is 66.9 Å². The number of H-pyrrole nitrogens is 2. The van der Waals surface area contributed by atoms with Crippen molar-refractivity contribution < 1.29 is 13.2 Å². The maximum atomic E-state index is 14.7. The minimum Gasteiger partial charge on any atom is -0.362 e. The fraction of sp³-hybridized carbons (Fsp3) is 0.143. The third-order valence-electron chi connectivity index (χ3n) is 5.32. The Morgan fingerprint density at radius 1 is 0.889 bits per heavy atom. The quantitative estimate of drug-likeness (QED) is 0.419. The molecule has 0 saturated heterocycles. The average Bonchev–Trinajstić information content (AvgIpc) is 3.26. The van der Waals surface area contributed by atoms with Gasteiger partial charge >= 0.3 is 6.18 Å². The van der Waals surface area contributed by atoms with Gasteiger partial charge in [-0.25, -0.2) is 0 Å². The fourth-order valence-corrected chi connectivity index (χ4v) is 4.09. The van der Waals surface area contributed by atoms with E-state index in [-0.39, 0.29) is 11.4 Å². The molecule has 4 aromatic rings. The SMILES string of the molecule is FC(F)(F)[C@@]1(c2ccc[nH]2)Nc2ccccc2Cc2c1[nH]c1ccccc21. The van der Waals surface area contributed by atoms with Crippen molar-refractivity contribution in [2.45, 2.75) is 18.1 Å². The third kappa shape index (κ3) is 2.16. The number of nitrogens with one attached hydrogen (secondary N) is 3. The van der Waals surface area contributed by atoms with Gasteiger partial charge in [-0.3, -0.25) is 0 Å². The van der Waals surface area contributed by atoms with E-state index in [1.54, 1.807) is 18.2 Å². The van der Waals surface area contributed by atoms with Crippen LogP contribution in [0, 0.1) is 0 Å². The first kappa shape index (κ1) is 16.1. The number of fused-ring (bicyclic) bond motifs is 4. The number of hydrogen-bond acceptors (Lipinski definition) is 1. The molecule has 1 aliphatic heterocycles. The molecule has 5 rings (SSSR count). The molecule has 1 aliphatic rings. The number of aromatic amines is 2. The van der Waals surface area contributed by atoms with Crippen molar-refractivity contribution in [3.05, 3.63) is 89.4 Å². The van der Waals surface area contributed by atoms with Crippen molar-refractivity contribution in [1.82, 2.24) is 9.97 Å². The van der Waals surface area contributed by atoms with Gasteiger partial charge in [0.1, 0.15) is 0 Å². The topological polar surface area (TPSA) is 43.6 Å². The highest BCUT2D eigenvalue weighted by Gasteiger charge is 2.61. The third-order valence-corrected chi connectivity index (χ3v) is 5.32. The molecule has 2 aromatic heterocycles. The van der Waals surface area contributed by atoms with Gasteiger partial charge < -0.3 is 15.3 Å². The molecule has 0 spiro atoms. The molecule has 0 radical (unpaired) electrons.